The minimum atomic E-state index is -0.647. The third kappa shape index (κ3) is 3.86. The van der Waals surface area contributed by atoms with Gasteiger partial charge in [0.1, 0.15) is 5.54 Å². The molecule has 0 spiro atoms. The van der Waals surface area contributed by atoms with Gasteiger partial charge in [-0.1, -0.05) is 23.2 Å². The first-order chi connectivity index (χ1) is 10.0. The summed E-state index contributed by atoms with van der Waals surface area (Å²) in [5, 5.41) is 4.48. The number of hydrogen-bond donors (Lipinski definition) is 1. The highest BCUT2D eigenvalue weighted by Gasteiger charge is 2.51. The predicted octanol–water partition coefficient (Wildman–Crippen LogP) is 4.02. The summed E-state index contributed by atoms with van der Waals surface area (Å²) < 4.78 is 5.27. The van der Waals surface area contributed by atoms with Crippen LogP contribution in [-0.4, -0.2) is 30.9 Å². The highest BCUT2D eigenvalue weighted by Crippen LogP contribution is 2.44. The smallest absolute Gasteiger partial charge is 0.327 e. The van der Waals surface area contributed by atoms with Gasteiger partial charge in [-0.2, -0.15) is 0 Å². The molecule has 1 saturated carbocycles. The van der Waals surface area contributed by atoms with Crippen molar-refractivity contribution >= 4 is 40.9 Å². The highest BCUT2D eigenvalue weighted by molar-refractivity contribution is 7.99. The average molecular weight is 348 g/mol. The monoisotopic (exact) mass is 347 g/mol. The van der Waals surface area contributed by atoms with E-state index >= 15 is 0 Å². The van der Waals surface area contributed by atoms with E-state index in [1.807, 2.05) is 20.0 Å². The summed E-state index contributed by atoms with van der Waals surface area (Å²) in [4.78, 5) is 13.3. The number of rotatable bonds is 7. The Morgan fingerprint density at radius 2 is 2.19 bits per heavy atom. The fourth-order valence-corrected chi connectivity index (χ4v) is 4.15. The van der Waals surface area contributed by atoms with Gasteiger partial charge in [0.05, 0.1) is 11.6 Å². The molecule has 1 atom stereocenters. The molecule has 116 valence electrons. The number of halogens is 2. The molecule has 0 radical (unpaired) electrons. The summed E-state index contributed by atoms with van der Waals surface area (Å²) >= 11 is 13.7. The maximum Gasteiger partial charge on any atom is 0.327 e. The van der Waals surface area contributed by atoms with Gasteiger partial charge in [-0.15, -0.1) is 11.8 Å². The molecule has 1 aliphatic rings. The minimum absolute atomic E-state index is 0.180. The van der Waals surface area contributed by atoms with Gasteiger partial charge in [0, 0.05) is 15.7 Å². The summed E-state index contributed by atoms with van der Waals surface area (Å²) in [6.07, 6.45) is 2.09. The van der Waals surface area contributed by atoms with Crippen molar-refractivity contribution in [3.63, 3.8) is 0 Å². The zero-order chi connectivity index (χ0) is 15.5. The van der Waals surface area contributed by atoms with Gasteiger partial charge in [0.2, 0.25) is 0 Å². The second-order valence-electron chi connectivity index (χ2n) is 5.08. The first-order valence-corrected chi connectivity index (χ1v) is 8.71. The van der Waals surface area contributed by atoms with Crippen LogP contribution in [-0.2, 0) is 9.53 Å². The van der Waals surface area contributed by atoms with Crippen molar-refractivity contribution in [3.05, 3.63) is 28.2 Å². The van der Waals surface area contributed by atoms with Crippen LogP contribution in [0.15, 0.2) is 23.1 Å². The number of likely N-dealkylation sites (N-methyl/N-ethyl adjacent to an activating group) is 1. The van der Waals surface area contributed by atoms with Crippen molar-refractivity contribution in [1.29, 1.82) is 0 Å². The number of benzene rings is 1. The lowest BCUT2D eigenvalue weighted by atomic mass is 9.96. The van der Waals surface area contributed by atoms with Crippen LogP contribution >= 0.6 is 35.0 Å². The van der Waals surface area contributed by atoms with E-state index in [1.165, 1.54) is 11.8 Å². The Hall–Kier alpha value is -0.420. The number of hydrogen-bond acceptors (Lipinski definition) is 4. The molecule has 6 heteroatoms. The Morgan fingerprint density at radius 1 is 1.48 bits per heavy atom. The SMILES string of the molecule is CCOC(=O)C(CSc1cc(Cl)ccc1Cl)(NC)C1CC1. The summed E-state index contributed by atoms with van der Waals surface area (Å²) in [6.45, 7) is 2.21. The van der Waals surface area contributed by atoms with Crippen LogP contribution in [0, 0.1) is 5.92 Å². The van der Waals surface area contributed by atoms with E-state index in [1.54, 1.807) is 12.1 Å². The van der Waals surface area contributed by atoms with Gasteiger partial charge < -0.3 is 10.1 Å². The third-order valence-electron chi connectivity index (χ3n) is 3.71. The molecule has 1 unspecified atom stereocenters. The Morgan fingerprint density at radius 3 is 2.76 bits per heavy atom. The maximum atomic E-state index is 12.4. The van der Waals surface area contributed by atoms with Crippen molar-refractivity contribution < 1.29 is 9.53 Å². The second-order valence-corrected chi connectivity index (χ2v) is 6.94. The highest BCUT2D eigenvalue weighted by atomic mass is 35.5. The zero-order valence-corrected chi connectivity index (χ0v) is 14.4. The Balaban J connectivity index is 2.15. The average Bonchev–Trinajstić information content (AvgIpc) is 3.29. The summed E-state index contributed by atoms with van der Waals surface area (Å²) in [6, 6.07) is 5.35. The topological polar surface area (TPSA) is 38.3 Å². The van der Waals surface area contributed by atoms with E-state index in [0.717, 1.165) is 17.7 Å². The normalized spacial score (nSPS) is 17.3. The van der Waals surface area contributed by atoms with Crippen LogP contribution in [0.2, 0.25) is 10.0 Å². The third-order valence-corrected chi connectivity index (χ3v) is 5.63. The lowest BCUT2D eigenvalue weighted by Gasteiger charge is -2.31. The molecule has 3 nitrogen and oxygen atoms in total. The van der Waals surface area contributed by atoms with Crippen LogP contribution in [0.1, 0.15) is 19.8 Å². The van der Waals surface area contributed by atoms with Gasteiger partial charge in [-0.3, -0.25) is 4.79 Å². The molecular formula is C15H19Cl2NO2S. The van der Waals surface area contributed by atoms with E-state index in [-0.39, 0.29) is 5.97 Å². The molecule has 1 aliphatic carbocycles. The maximum absolute atomic E-state index is 12.4. The van der Waals surface area contributed by atoms with Crippen molar-refractivity contribution in [2.75, 3.05) is 19.4 Å². The minimum Gasteiger partial charge on any atom is -0.465 e. The van der Waals surface area contributed by atoms with Crippen molar-refractivity contribution in [1.82, 2.24) is 5.32 Å². The van der Waals surface area contributed by atoms with Crippen molar-refractivity contribution in [2.45, 2.75) is 30.2 Å². The summed E-state index contributed by atoms with van der Waals surface area (Å²) in [5.74, 6) is 0.722. The van der Waals surface area contributed by atoms with Crippen LogP contribution in [0.5, 0.6) is 0 Å². The summed E-state index contributed by atoms with van der Waals surface area (Å²) in [7, 11) is 1.81. The molecule has 0 aliphatic heterocycles. The van der Waals surface area contributed by atoms with Crippen LogP contribution in [0.4, 0.5) is 0 Å². The number of thioether (sulfide) groups is 1. The number of carbonyl (C=O) groups is 1. The van der Waals surface area contributed by atoms with Crippen molar-refractivity contribution in [3.8, 4) is 0 Å². The summed E-state index contributed by atoms with van der Waals surface area (Å²) in [5.41, 5.74) is -0.647. The Bertz CT molecular complexity index is 522. The molecule has 0 amide bonds. The molecule has 0 aromatic heterocycles. The first-order valence-electron chi connectivity index (χ1n) is 6.97. The van der Waals surface area contributed by atoms with Gasteiger partial charge in [-0.05, 0) is 50.9 Å². The molecule has 21 heavy (non-hydrogen) atoms. The lowest BCUT2D eigenvalue weighted by molar-refractivity contribution is -0.150. The number of nitrogens with one attached hydrogen (secondary N) is 1. The molecule has 1 aromatic rings. The van der Waals surface area contributed by atoms with E-state index in [0.29, 0.717) is 28.3 Å². The molecule has 0 heterocycles. The fraction of sp³-hybridized carbons (Fsp3) is 0.533. The van der Waals surface area contributed by atoms with Gasteiger partial charge in [0.15, 0.2) is 0 Å². The lowest BCUT2D eigenvalue weighted by Crippen LogP contribution is -2.55. The van der Waals surface area contributed by atoms with E-state index in [9.17, 15) is 4.79 Å². The molecule has 1 N–H and O–H groups in total. The molecular weight excluding hydrogens is 329 g/mol. The van der Waals surface area contributed by atoms with E-state index in [2.05, 4.69) is 5.32 Å². The molecule has 2 rings (SSSR count). The van der Waals surface area contributed by atoms with E-state index in [4.69, 9.17) is 27.9 Å². The number of carbonyl (C=O) groups excluding carboxylic acids is 1. The quantitative estimate of drug-likeness (QED) is 0.597. The predicted molar refractivity (Wildman–Crippen MR) is 88.3 cm³/mol. The number of esters is 1. The van der Waals surface area contributed by atoms with Gasteiger partial charge >= 0.3 is 5.97 Å². The molecule has 1 fully saturated rings. The fourth-order valence-electron chi connectivity index (χ4n) is 2.34. The molecule has 1 aromatic carbocycles. The Kier molecular flexibility index (Phi) is 5.83. The van der Waals surface area contributed by atoms with Gasteiger partial charge in [0.25, 0.3) is 0 Å². The van der Waals surface area contributed by atoms with Crippen LogP contribution < -0.4 is 5.32 Å². The zero-order valence-electron chi connectivity index (χ0n) is 12.1. The van der Waals surface area contributed by atoms with Crippen LogP contribution in [0.3, 0.4) is 0 Å². The van der Waals surface area contributed by atoms with Crippen LogP contribution in [0.25, 0.3) is 0 Å². The van der Waals surface area contributed by atoms with Gasteiger partial charge in [-0.25, -0.2) is 0 Å². The van der Waals surface area contributed by atoms with E-state index < -0.39 is 5.54 Å². The first kappa shape index (κ1) is 16.9. The standard InChI is InChI=1S/C15H19Cl2NO2S/c1-3-20-14(19)15(18-2,10-4-5-10)9-21-13-8-11(16)6-7-12(13)17/h6-8,10,18H,3-5,9H2,1-2H3. The molecule has 0 saturated heterocycles. The van der Waals surface area contributed by atoms with Crippen molar-refractivity contribution in [2.24, 2.45) is 5.92 Å². The number of ether oxygens (including phenoxy) is 1. The Labute approximate surface area is 139 Å². The largest absolute Gasteiger partial charge is 0.465 e. The second kappa shape index (κ2) is 7.23. The molecule has 0 bridgehead atoms.